The average Bonchev–Trinajstić information content (AvgIpc) is 3.28. The zero-order chi connectivity index (χ0) is 24.4. The van der Waals surface area contributed by atoms with Crippen molar-refractivity contribution in [1.29, 1.82) is 0 Å². The highest BCUT2D eigenvalue weighted by Gasteiger charge is 2.30. The summed E-state index contributed by atoms with van der Waals surface area (Å²) in [5.41, 5.74) is 5.62. The molecule has 3 aromatic heterocycles. The minimum atomic E-state index is -1.09. The number of hydroxylamine groups is 1. The summed E-state index contributed by atoms with van der Waals surface area (Å²) in [6.45, 7) is 7.79. The van der Waals surface area contributed by atoms with Crippen molar-refractivity contribution in [3.05, 3.63) is 84.2 Å². The molecule has 182 valence electrons. The monoisotopic (exact) mass is 473 g/mol. The van der Waals surface area contributed by atoms with E-state index in [4.69, 9.17) is 10.2 Å². The number of hydrogen-bond donors (Lipinski definition) is 3. The standard InChI is InChI=1S/C26H31N7O2/c1-18-14-32(15-19(2)33(18)17-24-27-9-3-10-28-24)23-12-22-8-11-31(25(22)29-13-23)16-20-4-6-21(7-5-20)26(34)30-35/h3-13,18-19,26,30,34-35H,14-17H2,1-2H3/t18-,19+,26?. The van der Waals surface area contributed by atoms with Crippen LogP contribution in [0.5, 0.6) is 0 Å². The van der Waals surface area contributed by atoms with Gasteiger partial charge in [-0.15, -0.1) is 0 Å². The van der Waals surface area contributed by atoms with Gasteiger partial charge >= 0.3 is 0 Å². The van der Waals surface area contributed by atoms with Crippen molar-refractivity contribution in [3.63, 3.8) is 0 Å². The number of nitrogens with one attached hydrogen (secondary N) is 1. The summed E-state index contributed by atoms with van der Waals surface area (Å²) >= 11 is 0. The lowest BCUT2D eigenvalue weighted by molar-refractivity contribution is 0.000692. The molecule has 0 radical (unpaired) electrons. The summed E-state index contributed by atoms with van der Waals surface area (Å²) in [5, 5.41) is 19.7. The number of benzene rings is 1. The first-order valence-electron chi connectivity index (χ1n) is 11.9. The van der Waals surface area contributed by atoms with E-state index in [-0.39, 0.29) is 0 Å². The van der Waals surface area contributed by atoms with Crippen molar-refractivity contribution in [1.82, 2.24) is 29.9 Å². The first-order chi connectivity index (χ1) is 17.0. The van der Waals surface area contributed by atoms with Gasteiger partial charge in [0.1, 0.15) is 11.5 Å². The van der Waals surface area contributed by atoms with E-state index in [1.54, 1.807) is 24.5 Å². The maximum Gasteiger partial charge on any atom is 0.152 e. The van der Waals surface area contributed by atoms with Gasteiger partial charge in [-0.25, -0.2) is 15.0 Å². The summed E-state index contributed by atoms with van der Waals surface area (Å²) < 4.78 is 2.12. The molecule has 1 saturated heterocycles. The lowest BCUT2D eigenvalue weighted by Crippen LogP contribution is -2.56. The third-order valence-corrected chi connectivity index (χ3v) is 6.77. The number of aromatic nitrogens is 4. The first-order valence-corrected chi connectivity index (χ1v) is 11.9. The van der Waals surface area contributed by atoms with E-state index in [0.29, 0.717) is 24.2 Å². The van der Waals surface area contributed by atoms with Crippen molar-refractivity contribution in [2.45, 2.75) is 45.2 Å². The van der Waals surface area contributed by atoms with Crippen LogP contribution >= 0.6 is 0 Å². The summed E-state index contributed by atoms with van der Waals surface area (Å²) in [6, 6.07) is 14.4. The molecule has 0 bridgehead atoms. The fourth-order valence-corrected chi connectivity index (χ4v) is 4.90. The Balaban J connectivity index is 1.28. The minimum Gasteiger partial charge on any atom is -0.372 e. The fourth-order valence-electron chi connectivity index (χ4n) is 4.90. The predicted molar refractivity (Wildman–Crippen MR) is 134 cm³/mol. The normalized spacial score (nSPS) is 19.8. The Labute approximate surface area is 204 Å². The van der Waals surface area contributed by atoms with Gasteiger partial charge in [-0.05, 0) is 43.2 Å². The van der Waals surface area contributed by atoms with Crippen molar-refractivity contribution in [2.75, 3.05) is 18.0 Å². The minimum absolute atomic E-state index is 0.366. The Morgan fingerprint density at radius 1 is 1.00 bits per heavy atom. The van der Waals surface area contributed by atoms with Gasteiger partial charge in [-0.1, -0.05) is 24.3 Å². The largest absolute Gasteiger partial charge is 0.372 e. The van der Waals surface area contributed by atoms with Crippen LogP contribution in [0.2, 0.25) is 0 Å². The zero-order valence-corrected chi connectivity index (χ0v) is 20.0. The van der Waals surface area contributed by atoms with Crippen LogP contribution in [0.15, 0.2) is 67.3 Å². The molecule has 5 rings (SSSR count). The third-order valence-electron chi connectivity index (χ3n) is 6.77. The van der Waals surface area contributed by atoms with E-state index < -0.39 is 6.23 Å². The van der Waals surface area contributed by atoms with Gasteiger partial charge in [0.25, 0.3) is 0 Å². The Morgan fingerprint density at radius 3 is 2.40 bits per heavy atom. The van der Waals surface area contributed by atoms with Crippen LogP contribution in [0.3, 0.4) is 0 Å². The summed E-state index contributed by atoms with van der Waals surface area (Å²) in [7, 11) is 0. The summed E-state index contributed by atoms with van der Waals surface area (Å²) in [4.78, 5) is 18.5. The third kappa shape index (κ3) is 5.03. The number of fused-ring (bicyclic) bond motifs is 1. The zero-order valence-electron chi connectivity index (χ0n) is 20.0. The van der Waals surface area contributed by atoms with Crippen LogP contribution in [0.4, 0.5) is 5.69 Å². The number of aliphatic hydroxyl groups is 1. The second kappa shape index (κ2) is 10.1. The van der Waals surface area contributed by atoms with E-state index in [0.717, 1.165) is 47.7 Å². The number of piperazine rings is 1. The van der Waals surface area contributed by atoms with Crippen LogP contribution in [-0.2, 0) is 13.1 Å². The lowest BCUT2D eigenvalue weighted by atomic mass is 10.1. The number of pyridine rings is 1. The molecule has 9 heteroatoms. The van der Waals surface area contributed by atoms with Crippen molar-refractivity contribution >= 4 is 16.7 Å². The van der Waals surface area contributed by atoms with Gasteiger partial charge in [-0.3, -0.25) is 4.90 Å². The molecule has 1 unspecified atom stereocenters. The highest BCUT2D eigenvalue weighted by atomic mass is 16.5. The fraction of sp³-hybridized carbons (Fsp3) is 0.346. The van der Waals surface area contributed by atoms with Crippen LogP contribution in [0.25, 0.3) is 11.0 Å². The SMILES string of the molecule is C[C@@H]1CN(c2cnc3c(ccn3Cc3ccc(C(O)NO)cc3)c2)C[C@H](C)N1Cc1ncccn1. The molecule has 0 amide bonds. The Hall–Kier alpha value is -3.37. The molecular formula is C26H31N7O2. The quantitative estimate of drug-likeness (QED) is 0.278. The number of aliphatic hydroxyl groups excluding tert-OH is 1. The van der Waals surface area contributed by atoms with Crippen LogP contribution in [-0.4, -0.2) is 59.9 Å². The number of anilines is 1. The molecule has 0 aliphatic carbocycles. The smallest absolute Gasteiger partial charge is 0.152 e. The number of hydrogen-bond acceptors (Lipinski definition) is 8. The van der Waals surface area contributed by atoms with Crippen molar-refractivity contribution in [3.8, 4) is 0 Å². The highest BCUT2D eigenvalue weighted by molar-refractivity contribution is 5.80. The van der Waals surface area contributed by atoms with E-state index >= 15 is 0 Å². The first kappa shape index (κ1) is 23.4. The van der Waals surface area contributed by atoms with Crippen LogP contribution in [0.1, 0.15) is 37.0 Å². The molecule has 1 aliphatic rings. The Kier molecular flexibility index (Phi) is 6.74. The molecule has 4 aromatic rings. The second-order valence-corrected chi connectivity index (χ2v) is 9.26. The van der Waals surface area contributed by atoms with E-state index in [2.05, 4.69) is 56.5 Å². The van der Waals surface area contributed by atoms with Gasteiger partial charge in [0.15, 0.2) is 6.23 Å². The van der Waals surface area contributed by atoms with Gasteiger partial charge in [-0.2, -0.15) is 5.48 Å². The maximum atomic E-state index is 9.68. The Bertz CT molecular complexity index is 1250. The topological polar surface area (TPSA) is 103 Å². The van der Waals surface area contributed by atoms with E-state index in [9.17, 15) is 5.11 Å². The molecule has 3 atom stereocenters. The highest BCUT2D eigenvalue weighted by Crippen LogP contribution is 2.26. The van der Waals surface area contributed by atoms with E-state index in [1.807, 2.05) is 29.9 Å². The van der Waals surface area contributed by atoms with Crippen LogP contribution < -0.4 is 10.4 Å². The van der Waals surface area contributed by atoms with Gasteiger partial charge in [0.05, 0.1) is 18.4 Å². The lowest BCUT2D eigenvalue weighted by Gasteiger charge is -2.45. The molecule has 1 aromatic carbocycles. The summed E-state index contributed by atoms with van der Waals surface area (Å²) in [6.07, 6.45) is 6.54. The van der Waals surface area contributed by atoms with Gasteiger partial charge in [0, 0.05) is 55.7 Å². The van der Waals surface area contributed by atoms with Gasteiger partial charge in [0.2, 0.25) is 0 Å². The molecule has 3 N–H and O–H groups in total. The summed E-state index contributed by atoms with van der Waals surface area (Å²) in [5.74, 6) is 0.861. The molecule has 1 fully saturated rings. The van der Waals surface area contributed by atoms with E-state index in [1.165, 1.54) is 0 Å². The molecule has 1 aliphatic heterocycles. The molecule has 0 spiro atoms. The number of nitrogens with zero attached hydrogens (tertiary/aromatic N) is 6. The molecule has 9 nitrogen and oxygen atoms in total. The predicted octanol–water partition coefficient (Wildman–Crippen LogP) is 2.94. The van der Waals surface area contributed by atoms with Crippen molar-refractivity contribution in [2.24, 2.45) is 0 Å². The van der Waals surface area contributed by atoms with Crippen LogP contribution in [0, 0.1) is 0 Å². The van der Waals surface area contributed by atoms with Gasteiger partial charge < -0.3 is 19.8 Å². The molecule has 0 saturated carbocycles. The Morgan fingerprint density at radius 2 is 1.71 bits per heavy atom. The molecular weight excluding hydrogens is 442 g/mol. The molecule has 35 heavy (non-hydrogen) atoms. The molecule has 4 heterocycles. The number of rotatable bonds is 7. The maximum absolute atomic E-state index is 9.68. The second-order valence-electron chi connectivity index (χ2n) is 9.26. The van der Waals surface area contributed by atoms with Crippen molar-refractivity contribution < 1.29 is 10.3 Å². The average molecular weight is 474 g/mol.